The molecule has 15 heavy (non-hydrogen) atoms. The predicted octanol–water partition coefficient (Wildman–Crippen LogP) is 2.01. The number of nitrogens with zero attached hydrogens (tertiary/aromatic N) is 1. The van der Waals surface area contributed by atoms with Gasteiger partial charge in [-0.1, -0.05) is 6.07 Å². The van der Waals surface area contributed by atoms with Crippen LogP contribution in [0.2, 0.25) is 0 Å². The molecule has 0 spiro atoms. The van der Waals surface area contributed by atoms with Crippen molar-refractivity contribution < 1.29 is 4.39 Å². The van der Waals surface area contributed by atoms with Crippen molar-refractivity contribution in [2.24, 2.45) is 0 Å². The van der Waals surface area contributed by atoms with Crippen molar-refractivity contribution in [1.82, 2.24) is 5.32 Å². The molecule has 1 N–H and O–H groups in total. The van der Waals surface area contributed by atoms with Gasteiger partial charge in [0, 0.05) is 30.9 Å². The Morgan fingerprint density at radius 1 is 1.27 bits per heavy atom. The van der Waals surface area contributed by atoms with Crippen molar-refractivity contribution in [3.8, 4) is 0 Å². The number of rotatable bonds is 1. The van der Waals surface area contributed by atoms with E-state index in [1.54, 1.807) is 12.1 Å². The summed E-state index contributed by atoms with van der Waals surface area (Å²) >= 11 is 0. The number of hydrogen-bond acceptors (Lipinski definition) is 2. The minimum absolute atomic E-state index is 0.161. The normalized spacial score (nSPS) is 26.7. The van der Waals surface area contributed by atoms with Crippen LogP contribution in [0.4, 0.5) is 10.1 Å². The molecule has 1 aliphatic heterocycles. The monoisotopic (exact) mass is 208 g/mol. The van der Waals surface area contributed by atoms with E-state index < -0.39 is 0 Å². The average Bonchev–Trinajstić information content (AvgIpc) is 2.16. The maximum absolute atomic E-state index is 13.1. The molecule has 2 rings (SSSR count). The second-order valence-electron chi connectivity index (χ2n) is 4.35. The Bertz CT molecular complexity index is 330. The summed E-state index contributed by atoms with van der Waals surface area (Å²) in [5, 5.41) is 3.46. The highest BCUT2D eigenvalue weighted by atomic mass is 19.1. The van der Waals surface area contributed by atoms with E-state index in [4.69, 9.17) is 0 Å². The zero-order valence-electron chi connectivity index (χ0n) is 9.20. The maximum atomic E-state index is 13.1. The topological polar surface area (TPSA) is 15.3 Å². The van der Waals surface area contributed by atoms with Crippen molar-refractivity contribution in [1.29, 1.82) is 0 Å². The third kappa shape index (κ3) is 2.48. The third-order valence-electron chi connectivity index (χ3n) is 2.73. The number of nitrogens with one attached hydrogen (secondary N) is 1. The van der Waals surface area contributed by atoms with E-state index >= 15 is 0 Å². The largest absolute Gasteiger partial charge is 0.368 e. The molecule has 3 heteroatoms. The molecule has 1 aliphatic rings. The van der Waals surface area contributed by atoms with Gasteiger partial charge < -0.3 is 10.2 Å². The number of anilines is 1. The van der Waals surface area contributed by atoms with E-state index in [9.17, 15) is 4.39 Å². The van der Waals surface area contributed by atoms with Crippen molar-refractivity contribution in [2.75, 3.05) is 18.0 Å². The molecule has 1 aromatic rings. The summed E-state index contributed by atoms with van der Waals surface area (Å²) in [7, 11) is 0. The molecule has 2 unspecified atom stereocenters. The molecular weight excluding hydrogens is 191 g/mol. The smallest absolute Gasteiger partial charge is 0.125 e. The Kier molecular flexibility index (Phi) is 2.91. The third-order valence-corrected chi connectivity index (χ3v) is 2.73. The average molecular weight is 208 g/mol. The summed E-state index contributed by atoms with van der Waals surface area (Å²) in [5.41, 5.74) is 0.982. The molecule has 82 valence electrons. The molecule has 0 aromatic heterocycles. The fraction of sp³-hybridized carbons (Fsp3) is 0.500. The van der Waals surface area contributed by atoms with Crippen LogP contribution in [0.25, 0.3) is 0 Å². The zero-order valence-corrected chi connectivity index (χ0v) is 9.20. The Labute approximate surface area is 90.1 Å². The quantitative estimate of drug-likeness (QED) is 0.759. The van der Waals surface area contributed by atoms with E-state index in [2.05, 4.69) is 24.1 Å². The van der Waals surface area contributed by atoms with E-state index in [1.165, 1.54) is 6.07 Å². The lowest BCUT2D eigenvalue weighted by atomic mass is 10.1. The van der Waals surface area contributed by atoms with E-state index in [0.29, 0.717) is 12.1 Å². The SMILES string of the molecule is CC1CN(c2cccc(F)c2)CC(C)N1. The standard InChI is InChI=1S/C12H17FN2/c1-9-7-15(8-10(2)14-9)12-5-3-4-11(13)6-12/h3-6,9-10,14H,7-8H2,1-2H3. The fourth-order valence-electron chi connectivity index (χ4n) is 2.21. The molecule has 1 fully saturated rings. The van der Waals surface area contributed by atoms with Gasteiger partial charge >= 0.3 is 0 Å². The molecule has 1 aromatic carbocycles. The highest BCUT2D eigenvalue weighted by molar-refractivity contribution is 5.47. The van der Waals surface area contributed by atoms with Gasteiger partial charge in [0.2, 0.25) is 0 Å². The van der Waals surface area contributed by atoms with Crippen LogP contribution in [0.1, 0.15) is 13.8 Å². The van der Waals surface area contributed by atoms with Crippen molar-refractivity contribution >= 4 is 5.69 Å². The maximum Gasteiger partial charge on any atom is 0.125 e. The predicted molar refractivity (Wildman–Crippen MR) is 60.7 cm³/mol. The van der Waals surface area contributed by atoms with Gasteiger partial charge in [-0.25, -0.2) is 4.39 Å². The lowest BCUT2D eigenvalue weighted by Gasteiger charge is -2.37. The van der Waals surface area contributed by atoms with Crippen molar-refractivity contribution in [3.05, 3.63) is 30.1 Å². The summed E-state index contributed by atoms with van der Waals surface area (Å²) in [6, 6.07) is 7.73. The molecule has 1 saturated heterocycles. The molecule has 0 bridgehead atoms. The first-order valence-corrected chi connectivity index (χ1v) is 5.41. The Morgan fingerprint density at radius 3 is 2.53 bits per heavy atom. The number of hydrogen-bond donors (Lipinski definition) is 1. The first-order chi connectivity index (χ1) is 7.15. The Morgan fingerprint density at radius 2 is 1.93 bits per heavy atom. The number of benzene rings is 1. The van der Waals surface area contributed by atoms with Gasteiger partial charge in [0.1, 0.15) is 5.82 Å². The molecule has 0 saturated carbocycles. The lowest BCUT2D eigenvalue weighted by molar-refractivity contribution is 0.406. The van der Waals surface area contributed by atoms with Crippen LogP contribution in [0.3, 0.4) is 0 Å². The van der Waals surface area contributed by atoms with E-state index in [1.807, 2.05) is 6.07 Å². The molecule has 0 aliphatic carbocycles. The van der Waals surface area contributed by atoms with Crippen LogP contribution < -0.4 is 10.2 Å². The van der Waals surface area contributed by atoms with E-state index in [0.717, 1.165) is 18.8 Å². The van der Waals surface area contributed by atoms with Gasteiger partial charge in [-0.15, -0.1) is 0 Å². The van der Waals surface area contributed by atoms with Gasteiger partial charge in [0.05, 0.1) is 0 Å². The van der Waals surface area contributed by atoms with Crippen LogP contribution in [-0.4, -0.2) is 25.2 Å². The Balaban J connectivity index is 2.16. The summed E-state index contributed by atoms with van der Waals surface area (Å²) in [4.78, 5) is 2.23. The van der Waals surface area contributed by atoms with Gasteiger partial charge in [-0.3, -0.25) is 0 Å². The second kappa shape index (κ2) is 4.19. The van der Waals surface area contributed by atoms with E-state index in [-0.39, 0.29) is 5.82 Å². The first-order valence-electron chi connectivity index (χ1n) is 5.41. The first kappa shape index (κ1) is 10.4. The molecule has 0 radical (unpaired) electrons. The summed E-state index contributed by atoms with van der Waals surface area (Å²) in [6.45, 7) is 6.19. The van der Waals surface area contributed by atoms with Gasteiger partial charge in [0.25, 0.3) is 0 Å². The molecule has 2 nitrogen and oxygen atoms in total. The molecule has 0 amide bonds. The minimum atomic E-state index is -0.161. The van der Waals surface area contributed by atoms with Crippen LogP contribution in [-0.2, 0) is 0 Å². The van der Waals surface area contributed by atoms with Gasteiger partial charge in [-0.05, 0) is 32.0 Å². The highest BCUT2D eigenvalue weighted by Crippen LogP contribution is 2.18. The van der Waals surface area contributed by atoms with Crippen LogP contribution >= 0.6 is 0 Å². The van der Waals surface area contributed by atoms with Crippen molar-refractivity contribution in [3.63, 3.8) is 0 Å². The van der Waals surface area contributed by atoms with Crippen LogP contribution in [0, 0.1) is 5.82 Å². The van der Waals surface area contributed by atoms with Gasteiger partial charge in [0.15, 0.2) is 0 Å². The lowest BCUT2D eigenvalue weighted by Crippen LogP contribution is -2.54. The molecular formula is C12H17FN2. The molecule has 2 atom stereocenters. The minimum Gasteiger partial charge on any atom is -0.368 e. The Hall–Kier alpha value is -1.09. The summed E-state index contributed by atoms with van der Waals surface area (Å²) < 4.78 is 13.1. The van der Waals surface area contributed by atoms with Crippen LogP contribution in [0.15, 0.2) is 24.3 Å². The fourth-order valence-corrected chi connectivity index (χ4v) is 2.21. The van der Waals surface area contributed by atoms with Gasteiger partial charge in [-0.2, -0.15) is 0 Å². The summed E-state index contributed by atoms with van der Waals surface area (Å²) in [6.07, 6.45) is 0. The summed E-state index contributed by atoms with van der Waals surface area (Å²) in [5.74, 6) is -0.161. The number of piperazine rings is 1. The number of halogens is 1. The van der Waals surface area contributed by atoms with Crippen molar-refractivity contribution in [2.45, 2.75) is 25.9 Å². The molecule has 1 heterocycles. The highest BCUT2D eigenvalue weighted by Gasteiger charge is 2.20. The van der Waals surface area contributed by atoms with Crippen LogP contribution in [0.5, 0.6) is 0 Å². The zero-order chi connectivity index (χ0) is 10.8. The second-order valence-corrected chi connectivity index (χ2v) is 4.35.